The average molecular weight is 278 g/mol. The van der Waals surface area contributed by atoms with Crippen LogP contribution in [0.15, 0.2) is 60.7 Å². The summed E-state index contributed by atoms with van der Waals surface area (Å²) in [7, 11) is 0. The van der Waals surface area contributed by atoms with E-state index < -0.39 is 0 Å². The fourth-order valence-electron chi connectivity index (χ4n) is 2.19. The van der Waals surface area contributed by atoms with E-state index in [0.717, 1.165) is 17.0 Å². The molecule has 1 N–H and O–H groups in total. The first-order valence-corrected chi connectivity index (χ1v) is 6.87. The second-order valence-electron chi connectivity index (χ2n) is 4.70. The Labute approximate surface area is 123 Å². The van der Waals surface area contributed by atoms with Gasteiger partial charge >= 0.3 is 0 Å². The van der Waals surface area contributed by atoms with Gasteiger partial charge in [0.2, 0.25) is 0 Å². The van der Waals surface area contributed by atoms with Crippen molar-refractivity contribution in [2.75, 3.05) is 0 Å². The fraction of sp³-hybridized carbons (Fsp3) is 0.0588. The van der Waals surface area contributed by atoms with Gasteiger partial charge in [0.25, 0.3) is 0 Å². The van der Waals surface area contributed by atoms with E-state index in [1.165, 1.54) is 11.1 Å². The Morgan fingerprint density at radius 1 is 0.850 bits per heavy atom. The minimum Gasteiger partial charge on any atom is -0.335 e. The van der Waals surface area contributed by atoms with Crippen molar-refractivity contribution < 1.29 is 0 Å². The topological polar surface area (TPSA) is 28.7 Å². The number of hydrogen-bond donors (Lipinski definition) is 1. The number of nitrogens with one attached hydrogen (secondary N) is 1. The number of aromatic amines is 1. The van der Waals surface area contributed by atoms with Crippen molar-refractivity contribution >= 4 is 12.2 Å². The van der Waals surface area contributed by atoms with Gasteiger partial charge in [0.1, 0.15) is 0 Å². The van der Waals surface area contributed by atoms with Crippen molar-refractivity contribution in [2.45, 2.75) is 6.92 Å². The number of aromatic nitrogens is 2. The summed E-state index contributed by atoms with van der Waals surface area (Å²) in [4.78, 5) is 7.39. The van der Waals surface area contributed by atoms with E-state index >= 15 is 0 Å². The number of rotatable bonds is 2. The van der Waals surface area contributed by atoms with Crippen LogP contribution in [0.2, 0.25) is 0 Å². The number of benzene rings is 2. The molecule has 20 heavy (non-hydrogen) atoms. The molecule has 3 aromatic rings. The maximum Gasteiger partial charge on any atom is 0.197 e. The Bertz CT molecular complexity index is 774. The van der Waals surface area contributed by atoms with Crippen LogP contribution in [0.4, 0.5) is 0 Å². The quantitative estimate of drug-likeness (QED) is 0.683. The van der Waals surface area contributed by atoms with Crippen LogP contribution in [0.3, 0.4) is 0 Å². The lowest BCUT2D eigenvalue weighted by molar-refractivity contribution is 1.08. The first kappa shape index (κ1) is 12.8. The zero-order chi connectivity index (χ0) is 13.9. The second-order valence-corrected chi connectivity index (χ2v) is 5.08. The van der Waals surface area contributed by atoms with Crippen molar-refractivity contribution in [3.8, 4) is 22.4 Å². The molecule has 0 bridgehead atoms. The van der Waals surface area contributed by atoms with Gasteiger partial charge in [0, 0.05) is 11.3 Å². The highest BCUT2D eigenvalue weighted by Gasteiger charge is 2.02. The lowest BCUT2D eigenvalue weighted by Crippen LogP contribution is -1.90. The molecule has 0 aliphatic rings. The van der Waals surface area contributed by atoms with Crippen molar-refractivity contribution in [1.82, 2.24) is 9.97 Å². The Morgan fingerprint density at radius 2 is 1.45 bits per heavy atom. The molecular formula is C17H14N2S. The normalized spacial score (nSPS) is 10.4. The zero-order valence-corrected chi connectivity index (χ0v) is 11.9. The molecule has 0 amide bonds. The minimum atomic E-state index is 0.520. The summed E-state index contributed by atoms with van der Waals surface area (Å²) in [6.07, 6.45) is 0. The van der Waals surface area contributed by atoms with Crippen molar-refractivity contribution in [1.29, 1.82) is 0 Å². The van der Waals surface area contributed by atoms with Crippen LogP contribution in [0, 0.1) is 11.7 Å². The SMILES string of the molecule is Cc1cc(-c2ccc(-c3ccccc3)cc2)nc(=S)[nH]1. The second kappa shape index (κ2) is 5.39. The summed E-state index contributed by atoms with van der Waals surface area (Å²) >= 11 is 5.12. The van der Waals surface area contributed by atoms with E-state index in [1.54, 1.807) is 0 Å². The summed E-state index contributed by atoms with van der Waals surface area (Å²) in [6, 6.07) is 20.7. The van der Waals surface area contributed by atoms with Crippen LogP contribution in [0.1, 0.15) is 5.69 Å². The largest absolute Gasteiger partial charge is 0.335 e. The Hall–Kier alpha value is -2.26. The molecule has 1 aromatic heterocycles. The number of nitrogens with zero attached hydrogens (tertiary/aromatic N) is 1. The lowest BCUT2D eigenvalue weighted by Gasteiger charge is -2.05. The first-order chi connectivity index (χ1) is 9.72. The summed E-state index contributed by atoms with van der Waals surface area (Å²) in [5, 5.41) is 0. The molecule has 1 heterocycles. The summed E-state index contributed by atoms with van der Waals surface area (Å²) in [6.45, 7) is 1.99. The minimum absolute atomic E-state index is 0.520. The number of H-pyrrole nitrogens is 1. The van der Waals surface area contributed by atoms with Crippen LogP contribution in [0.25, 0.3) is 22.4 Å². The monoisotopic (exact) mass is 278 g/mol. The van der Waals surface area contributed by atoms with Gasteiger partial charge in [-0.1, -0.05) is 54.6 Å². The van der Waals surface area contributed by atoms with Crippen molar-refractivity contribution in [2.24, 2.45) is 0 Å². The van der Waals surface area contributed by atoms with Crippen molar-refractivity contribution in [3.05, 3.63) is 71.1 Å². The molecule has 3 heteroatoms. The van der Waals surface area contributed by atoms with E-state index in [4.69, 9.17) is 12.2 Å². The van der Waals surface area contributed by atoms with E-state index in [9.17, 15) is 0 Å². The van der Waals surface area contributed by atoms with Crippen LogP contribution in [-0.2, 0) is 0 Å². The highest BCUT2D eigenvalue weighted by Crippen LogP contribution is 2.23. The smallest absolute Gasteiger partial charge is 0.197 e. The van der Waals surface area contributed by atoms with Gasteiger partial charge in [-0.2, -0.15) is 0 Å². The van der Waals surface area contributed by atoms with Gasteiger partial charge in [-0.25, -0.2) is 4.98 Å². The predicted molar refractivity (Wildman–Crippen MR) is 85.0 cm³/mol. The highest BCUT2D eigenvalue weighted by molar-refractivity contribution is 7.71. The third kappa shape index (κ3) is 2.68. The number of aryl methyl sites for hydroxylation is 1. The molecule has 2 aromatic carbocycles. The molecule has 3 rings (SSSR count). The molecule has 2 nitrogen and oxygen atoms in total. The molecule has 0 aliphatic heterocycles. The summed E-state index contributed by atoms with van der Waals surface area (Å²) in [5.41, 5.74) is 5.42. The molecule has 0 aliphatic carbocycles. The third-order valence-corrected chi connectivity index (χ3v) is 3.36. The van der Waals surface area contributed by atoms with E-state index in [0.29, 0.717) is 4.77 Å². The van der Waals surface area contributed by atoms with Crippen LogP contribution in [-0.4, -0.2) is 9.97 Å². The summed E-state index contributed by atoms with van der Waals surface area (Å²) in [5.74, 6) is 0. The van der Waals surface area contributed by atoms with Crippen LogP contribution in [0.5, 0.6) is 0 Å². The molecule has 0 atom stereocenters. The molecule has 0 radical (unpaired) electrons. The van der Waals surface area contributed by atoms with Gasteiger partial charge in [0.05, 0.1) is 5.69 Å². The third-order valence-electron chi connectivity index (χ3n) is 3.17. The maximum atomic E-state index is 5.12. The molecule has 0 fully saturated rings. The molecule has 98 valence electrons. The summed E-state index contributed by atoms with van der Waals surface area (Å²) < 4.78 is 0.520. The van der Waals surface area contributed by atoms with Gasteiger partial charge in [0.15, 0.2) is 4.77 Å². The Balaban J connectivity index is 1.99. The zero-order valence-electron chi connectivity index (χ0n) is 11.1. The van der Waals surface area contributed by atoms with Gasteiger partial charge in [-0.05, 0) is 36.3 Å². The van der Waals surface area contributed by atoms with Crippen LogP contribution < -0.4 is 0 Å². The first-order valence-electron chi connectivity index (χ1n) is 6.46. The standard InChI is InChI=1S/C17H14N2S/c1-12-11-16(19-17(20)18-12)15-9-7-14(8-10-15)13-5-3-2-4-6-13/h2-11H,1H3,(H,18,19,20). The maximum absolute atomic E-state index is 5.12. The van der Waals surface area contributed by atoms with Crippen molar-refractivity contribution in [3.63, 3.8) is 0 Å². The molecular weight excluding hydrogens is 264 g/mol. The Kier molecular flexibility index (Phi) is 3.44. The Morgan fingerprint density at radius 3 is 2.10 bits per heavy atom. The van der Waals surface area contributed by atoms with Gasteiger partial charge < -0.3 is 4.98 Å². The van der Waals surface area contributed by atoms with Gasteiger partial charge in [-0.15, -0.1) is 0 Å². The lowest BCUT2D eigenvalue weighted by atomic mass is 10.0. The van der Waals surface area contributed by atoms with Gasteiger partial charge in [-0.3, -0.25) is 0 Å². The fourth-order valence-corrected chi connectivity index (χ4v) is 2.45. The molecule has 0 saturated heterocycles. The molecule has 0 saturated carbocycles. The van der Waals surface area contributed by atoms with Crippen LogP contribution >= 0.6 is 12.2 Å². The average Bonchev–Trinajstić information content (AvgIpc) is 2.47. The predicted octanol–water partition coefficient (Wildman–Crippen LogP) is 4.78. The molecule has 0 spiro atoms. The van der Waals surface area contributed by atoms with E-state index in [-0.39, 0.29) is 0 Å². The number of hydrogen-bond acceptors (Lipinski definition) is 2. The van der Waals surface area contributed by atoms with E-state index in [2.05, 4.69) is 46.4 Å². The molecule has 0 unspecified atom stereocenters. The highest BCUT2D eigenvalue weighted by atomic mass is 32.1. The van der Waals surface area contributed by atoms with E-state index in [1.807, 2.05) is 31.2 Å².